The number of benzene rings is 1. The summed E-state index contributed by atoms with van der Waals surface area (Å²) in [6.45, 7) is 2.14. The van der Waals surface area contributed by atoms with Crippen molar-refractivity contribution in [1.82, 2.24) is 14.9 Å². The third kappa shape index (κ3) is 1.50. The first kappa shape index (κ1) is 10.6. The molecule has 0 aliphatic carbocycles. The number of rotatable bonds is 1. The predicted molar refractivity (Wildman–Crippen MR) is 72.7 cm³/mol. The number of nitrogens with one attached hydrogen (secondary N) is 1. The first-order valence-electron chi connectivity index (χ1n) is 7.01. The second kappa shape index (κ2) is 3.82. The third-order valence-corrected chi connectivity index (χ3v) is 4.59. The zero-order valence-corrected chi connectivity index (χ0v) is 10.8. The van der Waals surface area contributed by atoms with Crippen molar-refractivity contribution in [2.75, 3.05) is 0 Å². The van der Waals surface area contributed by atoms with Crippen LogP contribution in [-0.4, -0.2) is 21.6 Å². The maximum absolute atomic E-state index is 4.70. The molecule has 0 radical (unpaired) electrons. The minimum Gasteiger partial charge on any atom is -0.325 e. The van der Waals surface area contributed by atoms with Crippen LogP contribution in [-0.2, 0) is 0 Å². The second-order valence-corrected chi connectivity index (χ2v) is 5.78. The van der Waals surface area contributed by atoms with Gasteiger partial charge in [0.25, 0.3) is 0 Å². The molecule has 2 fully saturated rings. The standard InChI is InChI=1S/C15H19N3/c1-10-16-14-4-2-3-5-15(14)18(10)13-8-11-6-7-12(9-13)17-11/h2-5,11-13,17H,6-9H2,1H3/t11-,12+,13-. The van der Waals surface area contributed by atoms with Crippen molar-refractivity contribution in [3.63, 3.8) is 0 Å². The van der Waals surface area contributed by atoms with Gasteiger partial charge in [0.1, 0.15) is 5.82 Å². The number of nitrogens with zero attached hydrogens (tertiary/aromatic N) is 2. The molecule has 2 saturated heterocycles. The van der Waals surface area contributed by atoms with Gasteiger partial charge in [-0.25, -0.2) is 4.98 Å². The lowest BCUT2D eigenvalue weighted by atomic mass is 9.99. The molecular formula is C15H19N3. The van der Waals surface area contributed by atoms with E-state index in [-0.39, 0.29) is 0 Å². The molecule has 3 heterocycles. The zero-order valence-electron chi connectivity index (χ0n) is 10.8. The van der Waals surface area contributed by atoms with Gasteiger partial charge in [-0.15, -0.1) is 0 Å². The average molecular weight is 241 g/mol. The summed E-state index contributed by atoms with van der Waals surface area (Å²) in [6.07, 6.45) is 5.23. The Bertz CT molecular complexity index is 574. The Kier molecular flexibility index (Phi) is 2.24. The van der Waals surface area contributed by atoms with Gasteiger partial charge in [-0.05, 0) is 44.7 Å². The largest absolute Gasteiger partial charge is 0.325 e. The molecule has 1 N–H and O–H groups in total. The predicted octanol–water partition coefficient (Wildman–Crippen LogP) is 2.80. The first-order valence-corrected chi connectivity index (χ1v) is 7.01. The van der Waals surface area contributed by atoms with Gasteiger partial charge in [0, 0.05) is 18.1 Å². The number of fused-ring (bicyclic) bond motifs is 3. The monoisotopic (exact) mass is 241 g/mol. The molecule has 0 unspecified atom stereocenters. The van der Waals surface area contributed by atoms with E-state index in [4.69, 9.17) is 4.98 Å². The van der Waals surface area contributed by atoms with Crippen molar-refractivity contribution < 1.29 is 0 Å². The number of aryl methyl sites for hydroxylation is 1. The maximum atomic E-state index is 4.70. The molecular weight excluding hydrogens is 222 g/mol. The van der Waals surface area contributed by atoms with Crippen molar-refractivity contribution in [3.8, 4) is 0 Å². The molecule has 3 heteroatoms. The fraction of sp³-hybridized carbons (Fsp3) is 0.533. The summed E-state index contributed by atoms with van der Waals surface area (Å²) >= 11 is 0. The third-order valence-electron chi connectivity index (χ3n) is 4.59. The van der Waals surface area contributed by atoms with Crippen LogP contribution in [0.5, 0.6) is 0 Å². The molecule has 3 atom stereocenters. The van der Waals surface area contributed by atoms with Crippen LogP contribution in [0.4, 0.5) is 0 Å². The summed E-state index contributed by atoms with van der Waals surface area (Å²) < 4.78 is 2.47. The molecule has 4 rings (SSSR count). The highest BCUT2D eigenvalue weighted by Gasteiger charge is 2.35. The van der Waals surface area contributed by atoms with Gasteiger partial charge in [0.15, 0.2) is 0 Å². The first-order chi connectivity index (χ1) is 8.81. The number of piperidine rings is 1. The Labute approximate surface area is 107 Å². The summed E-state index contributed by atoms with van der Waals surface area (Å²) in [5, 5.41) is 3.72. The van der Waals surface area contributed by atoms with Crippen molar-refractivity contribution in [1.29, 1.82) is 0 Å². The smallest absolute Gasteiger partial charge is 0.106 e. The van der Waals surface area contributed by atoms with Gasteiger partial charge in [-0.3, -0.25) is 0 Å². The highest BCUT2D eigenvalue weighted by molar-refractivity contribution is 5.76. The van der Waals surface area contributed by atoms with Crippen LogP contribution >= 0.6 is 0 Å². The lowest BCUT2D eigenvalue weighted by Gasteiger charge is -2.31. The lowest BCUT2D eigenvalue weighted by Crippen LogP contribution is -2.39. The van der Waals surface area contributed by atoms with Crippen LogP contribution in [0.1, 0.15) is 37.5 Å². The summed E-state index contributed by atoms with van der Waals surface area (Å²) in [4.78, 5) is 4.70. The molecule has 0 amide bonds. The summed E-state index contributed by atoms with van der Waals surface area (Å²) in [5.41, 5.74) is 2.45. The zero-order chi connectivity index (χ0) is 12.1. The van der Waals surface area contributed by atoms with Crippen LogP contribution in [0.25, 0.3) is 11.0 Å². The SMILES string of the molecule is Cc1nc2ccccc2n1[C@@H]1C[C@H]2CC[C@@H](C1)N2. The number of para-hydroxylation sites is 2. The number of hydrogen-bond acceptors (Lipinski definition) is 2. The van der Waals surface area contributed by atoms with Crippen molar-refractivity contribution in [2.24, 2.45) is 0 Å². The van der Waals surface area contributed by atoms with E-state index in [1.54, 1.807) is 0 Å². The van der Waals surface area contributed by atoms with Gasteiger partial charge in [0.05, 0.1) is 11.0 Å². The maximum Gasteiger partial charge on any atom is 0.106 e. The van der Waals surface area contributed by atoms with E-state index in [0.29, 0.717) is 6.04 Å². The second-order valence-electron chi connectivity index (χ2n) is 5.78. The van der Waals surface area contributed by atoms with E-state index in [1.807, 2.05) is 0 Å². The average Bonchev–Trinajstić information content (AvgIpc) is 2.88. The highest BCUT2D eigenvalue weighted by atomic mass is 15.1. The number of aromatic nitrogens is 2. The Morgan fingerprint density at radius 2 is 1.89 bits per heavy atom. The van der Waals surface area contributed by atoms with Crippen molar-refractivity contribution >= 4 is 11.0 Å². The van der Waals surface area contributed by atoms with Crippen molar-refractivity contribution in [2.45, 2.75) is 50.7 Å². The van der Waals surface area contributed by atoms with E-state index in [0.717, 1.165) is 17.6 Å². The van der Waals surface area contributed by atoms with E-state index in [1.165, 1.54) is 37.0 Å². The fourth-order valence-corrected chi connectivity index (χ4v) is 3.86. The van der Waals surface area contributed by atoms with E-state index < -0.39 is 0 Å². The molecule has 1 aromatic carbocycles. The Balaban J connectivity index is 1.80. The summed E-state index contributed by atoms with van der Waals surface area (Å²) in [5.74, 6) is 1.17. The van der Waals surface area contributed by atoms with Gasteiger partial charge in [-0.2, -0.15) is 0 Å². The lowest BCUT2D eigenvalue weighted by molar-refractivity contribution is 0.300. The Morgan fingerprint density at radius 1 is 1.17 bits per heavy atom. The van der Waals surface area contributed by atoms with Crippen LogP contribution in [0.3, 0.4) is 0 Å². The molecule has 2 aliphatic rings. The van der Waals surface area contributed by atoms with Crippen LogP contribution in [0.15, 0.2) is 24.3 Å². The minimum absolute atomic E-state index is 0.635. The Hall–Kier alpha value is -1.35. The molecule has 3 nitrogen and oxygen atoms in total. The molecule has 0 spiro atoms. The molecule has 18 heavy (non-hydrogen) atoms. The topological polar surface area (TPSA) is 29.9 Å². The van der Waals surface area contributed by atoms with E-state index >= 15 is 0 Å². The van der Waals surface area contributed by atoms with Crippen molar-refractivity contribution in [3.05, 3.63) is 30.1 Å². The minimum atomic E-state index is 0.635. The van der Waals surface area contributed by atoms with Gasteiger partial charge in [0.2, 0.25) is 0 Å². The number of hydrogen-bond donors (Lipinski definition) is 1. The van der Waals surface area contributed by atoms with Gasteiger partial charge in [-0.1, -0.05) is 12.1 Å². The Morgan fingerprint density at radius 3 is 2.67 bits per heavy atom. The summed E-state index contributed by atoms with van der Waals surface area (Å²) in [7, 11) is 0. The van der Waals surface area contributed by atoms with E-state index in [9.17, 15) is 0 Å². The summed E-state index contributed by atoms with van der Waals surface area (Å²) in [6, 6.07) is 10.6. The van der Waals surface area contributed by atoms with E-state index in [2.05, 4.69) is 41.1 Å². The molecule has 2 bridgehead atoms. The fourth-order valence-electron chi connectivity index (χ4n) is 3.86. The quantitative estimate of drug-likeness (QED) is 0.832. The van der Waals surface area contributed by atoms with Crippen LogP contribution in [0, 0.1) is 6.92 Å². The highest BCUT2D eigenvalue weighted by Crippen LogP contribution is 2.36. The normalized spacial score (nSPS) is 31.1. The number of imidazole rings is 1. The molecule has 2 aliphatic heterocycles. The molecule has 2 aromatic rings. The molecule has 0 saturated carbocycles. The van der Waals surface area contributed by atoms with Crippen LogP contribution in [0.2, 0.25) is 0 Å². The van der Waals surface area contributed by atoms with Gasteiger partial charge < -0.3 is 9.88 Å². The molecule has 1 aromatic heterocycles. The molecule has 94 valence electrons. The van der Waals surface area contributed by atoms with Gasteiger partial charge >= 0.3 is 0 Å². The van der Waals surface area contributed by atoms with Crippen LogP contribution < -0.4 is 5.32 Å².